The van der Waals surface area contributed by atoms with Crippen LogP contribution in [0.2, 0.25) is 0 Å². The molecule has 5 nitrogen and oxygen atoms in total. The molecule has 0 aromatic carbocycles. The van der Waals surface area contributed by atoms with E-state index in [-0.39, 0.29) is 11.7 Å². The van der Waals surface area contributed by atoms with Crippen LogP contribution in [-0.2, 0) is 22.6 Å². The van der Waals surface area contributed by atoms with E-state index in [1.165, 1.54) is 12.0 Å². The second kappa shape index (κ2) is 7.05. The number of ether oxygens (including phenoxy) is 2. The Bertz CT molecular complexity index is 631. The smallest absolute Gasteiger partial charge is 0.0947 e. The van der Waals surface area contributed by atoms with E-state index in [1.807, 2.05) is 30.5 Å². The van der Waals surface area contributed by atoms with Gasteiger partial charge < -0.3 is 13.9 Å². The molecular formula is C19H24N2O3. The van der Waals surface area contributed by atoms with Crippen molar-refractivity contribution in [3.63, 3.8) is 0 Å². The lowest BCUT2D eigenvalue weighted by Crippen LogP contribution is -2.47. The zero-order valence-electron chi connectivity index (χ0n) is 13.9. The first-order valence-corrected chi connectivity index (χ1v) is 8.70. The molecule has 2 atom stereocenters. The van der Waals surface area contributed by atoms with Crippen molar-refractivity contribution in [2.24, 2.45) is 0 Å². The third kappa shape index (κ3) is 3.69. The minimum absolute atomic E-state index is 0.0449. The molecule has 2 aromatic rings. The number of nitrogens with zero attached hydrogens (tertiary/aromatic N) is 2. The van der Waals surface area contributed by atoms with Gasteiger partial charge in [-0.1, -0.05) is 6.07 Å². The van der Waals surface area contributed by atoms with Gasteiger partial charge in [0.15, 0.2) is 0 Å². The van der Waals surface area contributed by atoms with E-state index < -0.39 is 0 Å². The highest BCUT2D eigenvalue weighted by Gasteiger charge is 2.43. The van der Waals surface area contributed by atoms with Crippen molar-refractivity contribution < 1.29 is 13.9 Å². The van der Waals surface area contributed by atoms with Gasteiger partial charge in [0.05, 0.1) is 43.1 Å². The molecule has 2 aromatic heterocycles. The van der Waals surface area contributed by atoms with E-state index in [4.69, 9.17) is 13.9 Å². The van der Waals surface area contributed by atoms with Crippen LogP contribution in [0.1, 0.15) is 30.5 Å². The number of piperidine rings is 1. The fourth-order valence-corrected chi connectivity index (χ4v) is 3.85. The van der Waals surface area contributed by atoms with Gasteiger partial charge in [-0.2, -0.15) is 0 Å². The van der Waals surface area contributed by atoms with Crippen molar-refractivity contribution in [2.45, 2.75) is 44.1 Å². The van der Waals surface area contributed by atoms with Crippen LogP contribution in [0.5, 0.6) is 0 Å². The standard InChI is InChI=1S/C19H24N2O3/c1-2-7-20-17(4-1)13-23-18-10-19(24-14-18)6-3-8-21(15-19)11-16-5-9-22-12-16/h1-2,4-5,7,9,12,18H,3,6,8,10-11,13-15H2/t18-,19-/m0/s1. The third-order valence-corrected chi connectivity index (χ3v) is 4.97. The summed E-state index contributed by atoms with van der Waals surface area (Å²) in [4.78, 5) is 6.78. The van der Waals surface area contributed by atoms with Crippen molar-refractivity contribution in [3.05, 3.63) is 54.2 Å². The van der Waals surface area contributed by atoms with Crippen LogP contribution >= 0.6 is 0 Å². The molecule has 0 bridgehead atoms. The quantitative estimate of drug-likeness (QED) is 0.844. The summed E-state index contributed by atoms with van der Waals surface area (Å²) in [6, 6.07) is 7.95. The number of likely N-dealkylation sites (tertiary alicyclic amines) is 1. The predicted molar refractivity (Wildman–Crippen MR) is 89.3 cm³/mol. The molecule has 4 rings (SSSR count). The molecule has 2 aliphatic rings. The molecule has 0 N–H and O–H groups in total. The van der Waals surface area contributed by atoms with E-state index >= 15 is 0 Å². The summed E-state index contributed by atoms with van der Waals surface area (Å²) >= 11 is 0. The maximum absolute atomic E-state index is 6.22. The van der Waals surface area contributed by atoms with Gasteiger partial charge in [-0.25, -0.2) is 0 Å². The molecule has 0 unspecified atom stereocenters. The molecule has 0 aliphatic carbocycles. The van der Waals surface area contributed by atoms with Crippen molar-refractivity contribution in [2.75, 3.05) is 19.7 Å². The Labute approximate surface area is 142 Å². The van der Waals surface area contributed by atoms with Crippen molar-refractivity contribution in [1.82, 2.24) is 9.88 Å². The Balaban J connectivity index is 1.31. The van der Waals surface area contributed by atoms with E-state index in [0.29, 0.717) is 13.2 Å². The fraction of sp³-hybridized carbons (Fsp3) is 0.526. The molecular weight excluding hydrogens is 304 g/mol. The summed E-state index contributed by atoms with van der Waals surface area (Å²) < 4.78 is 17.4. The number of hydrogen-bond acceptors (Lipinski definition) is 5. The number of pyridine rings is 1. The molecule has 1 spiro atoms. The van der Waals surface area contributed by atoms with Crippen LogP contribution in [0, 0.1) is 0 Å². The molecule has 2 aliphatic heterocycles. The zero-order chi connectivity index (χ0) is 16.2. The van der Waals surface area contributed by atoms with Crippen LogP contribution in [0.4, 0.5) is 0 Å². The largest absolute Gasteiger partial charge is 0.472 e. The van der Waals surface area contributed by atoms with Crippen LogP contribution in [0.25, 0.3) is 0 Å². The highest BCUT2D eigenvalue weighted by atomic mass is 16.6. The number of rotatable bonds is 5. The molecule has 0 saturated carbocycles. The first kappa shape index (κ1) is 15.8. The average Bonchev–Trinajstić information content (AvgIpc) is 3.25. The Morgan fingerprint density at radius 3 is 3.17 bits per heavy atom. The molecule has 2 fully saturated rings. The van der Waals surface area contributed by atoms with Crippen LogP contribution < -0.4 is 0 Å². The van der Waals surface area contributed by atoms with E-state index in [9.17, 15) is 0 Å². The fourth-order valence-electron chi connectivity index (χ4n) is 3.85. The monoisotopic (exact) mass is 328 g/mol. The van der Waals surface area contributed by atoms with E-state index in [1.54, 1.807) is 12.5 Å². The summed E-state index contributed by atoms with van der Waals surface area (Å²) in [5, 5.41) is 0. The Morgan fingerprint density at radius 2 is 2.33 bits per heavy atom. The predicted octanol–water partition coefficient (Wildman–Crippen LogP) is 3.01. The number of furan rings is 1. The molecule has 4 heterocycles. The van der Waals surface area contributed by atoms with Gasteiger partial charge in [0.25, 0.3) is 0 Å². The van der Waals surface area contributed by atoms with Gasteiger partial charge in [0.2, 0.25) is 0 Å². The Kier molecular flexibility index (Phi) is 4.65. The molecule has 24 heavy (non-hydrogen) atoms. The Morgan fingerprint density at radius 1 is 1.33 bits per heavy atom. The second-order valence-corrected chi connectivity index (χ2v) is 6.90. The highest BCUT2D eigenvalue weighted by Crippen LogP contribution is 2.36. The highest BCUT2D eigenvalue weighted by molar-refractivity contribution is 5.06. The van der Waals surface area contributed by atoms with Gasteiger partial charge >= 0.3 is 0 Å². The normalized spacial score (nSPS) is 27.8. The number of hydrogen-bond donors (Lipinski definition) is 0. The maximum Gasteiger partial charge on any atom is 0.0947 e. The molecule has 128 valence electrons. The molecule has 0 amide bonds. The van der Waals surface area contributed by atoms with E-state index in [0.717, 1.165) is 38.2 Å². The van der Waals surface area contributed by atoms with Gasteiger partial charge in [-0.15, -0.1) is 0 Å². The SMILES string of the molecule is c1ccc(CO[C@@H]2CO[C@@]3(CCCN(Cc4ccoc4)C3)C2)nc1. The minimum Gasteiger partial charge on any atom is -0.472 e. The summed E-state index contributed by atoms with van der Waals surface area (Å²) in [5.41, 5.74) is 2.16. The minimum atomic E-state index is -0.0449. The van der Waals surface area contributed by atoms with Crippen LogP contribution in [-0.4, -0.2) is 41.3 Å². The topological polar surface area (TPSA) is 47.7 Å². The van der Waals surface area contributed by atoms with Gasteiger partial charge in [0, 0.05) is 31.3 Å². The maximum atomic E-state index is 6.22. The van der Waals surface area contributed by atoms with Crippen molar-refractivity contribution in [3.8, 4) is 0 Å². The zero-order valence-corrected chi connectivity index (χ0v) is 13.9. The second-order valence-electron chi connectivity index (χ2n) is 6.90. The lowest BCUT2D eigenvalue weighted by atomic mass is 9.89. The third-order valence-electron chi connectivity index (χ3n) is 4.97. The summed E-state index contributed by atoms with van der Waals surface area (Å²) in [6.45, 7) is 4.27. The first-order chi connectivity index (χ1) is 11.8. The van der Waals surface area contributed by atoms with Crippen LogP contribution in [0.3, 0.4) is 0 Å². The van der Waals surface area contributed by atoms with Gasteiger partial charge in [0.1, 0.15) is 0 Å². The van der Waals surface area contributed by atoms with Crippen LogP contribution in [0.15, 0.2) is 47.4 Å². The lowest BCUT2D eigenvalue weighted by molar-refractivity contribution is -0.0548. The summed E-state index contributed by atoms with van der Waals surface area (Å²) in [5.74, 6) is 0. The van der Waals surface area contributed by atoms with E-state index in [2.05, 4.69) is 9.88 Å². The van der Waals surface area contributed by atoms with Crippen molar-refractivity contribution in [1.29, 1.82) is 0 Å². The molecule has 0 radical (unpaired) electrons. The first-order valence-electron chi connectivity index (χ1n) is 8.70. The summed E-state index contributed by atoms with van der Waals surface area (Å²) in [7, 11) is 0. The Hall–Kier alpha value is -1.69. The molecule has 2 saturated heterocycles. The number of aromatic nitrogens is 1. The molecule has 5 heteroatoms. The van der Waals surface area contributed by atoms with Gasteiger partial charge in [-0.3, -0.25) is 9.88 Å². The summed E-state index contributed by atoms with van der Waals surface area (Å²) in [6.07, 6.45) is 8.81. The lowest BCUT2D eigenvalue weighted by Gasteiger charge is -2.39. The van der Waals surface area contributed by atoms with Crippen molar-refractivity contribution >= 4 is 0 Å². The average molecular weight is 328 g/mol. The van der Waals surface area contributed by atoms with Gasteiger partial charge in [-0.05, 0) is 37.6 Å².